The molecule has 2 rings (SSSR count). The lowest BCUT2D eigenvalue weighted by molar-refractivity contribution is -0.134. The third-order valence-electron chi connectivity index (χ3n) is 2.59. The van der Waals surface area contributed by atoms with E-state index in [2.05, 4.69) is 15.8 Å². The lowest BCUT2D eigenvalue weighted by Gasteiger charge is -1.91. The Hall–Kier alpha value is -2.03. The van der Waals surface area contributed by atoms with Gasteiger partial charge in [-0.05, 0) is 24.6 Å². The maximum absolute atomic E-state index is 11.0. The molecule has 0 bridgehead atoms. The van der Waals surface area contributed by atoms with Crippen molar-refractivity contribution < 1.29 is 9.53 Å². The van der Waals surface area contributed by atoms with E-state index in [-0.39, 0.29) is 5.97 Å². The molecule has 1 aromatic heterocycles. The Morgan fingerprint density at radius 3 is 2.81 bits per heavy atom. The highest BCUT2D eigenvalue weighted by atomic mass is 16.5. The molecule has 1 aromatic carbocycles. The first kappa shape index (κ1) is 10.5. The second-order valence-electron chi connectivity index (χ2n) is 3.57. The first-order chi connectivity index (χ1) is 7.72. The van der Waals surface area contributed by atoms with Crippen molar-refractivity contribution in [2.75, 3.05) is 7.11 Å². The fraction of sp³-hybridized carbons (Fsp3) is 0.154. The highest BCUT2D eigenvalue weighted by Gasteiger charge is 2.04. The standard InChI is InChI=1S/C13H13NO2/c1-9-10-5-3-4-6-12(10)14-11(9)7-8-13(15)16-2/h3-8,14H,1-2H3/b8-7+. The number of hydrogen-bond acceptors (Lipinski definition) is 2. The molecule has 3 heteroatoms. The number of para-hydroxylation sites is 1. The summed E-state index contributed by atoms with van der Waals surface area (Å²) in [4.78, 5) is 14.2. The van der Waals surface area contributed by atoms with Crippen LogP contribution in [0.25, 0.3) is 17.0 Å². The second kappa shape index (κ2) is 4.23. The van der Waals surface area contributed by atoms with Crippen LogP contribution >= 0.6 is 0 Å². The minimum absolute atomic E-state index is 0.349. The lowest BCUT2D eigenvalue weighted by Crippen LogP contribution is -1.93. The molecule has 0 amide bonds. The summed E-state index contributed by atoms with van der Waals surface area (Å²) in [6.45, 7) is 2.02. The highest BCUT2D eigenvalue weighted by molar-refractivity contribution is 5.91. The van der Waals surface area contributed by atoms with Gasteiger partial charge in [0.15, 0.2) is 0 Å². The number of H-pyrrole nitrogens is 1. The molecule has 0 fully saturated rings. The number of benzene rings is 1. The average molecular weight is 215 g/mol. The molecule has 3 nitrogen and oxygen atoms in total. The van der Waals surface area contributed by atoms with Gasteiger partial charge in [-0.15, -0.1) is 0 Å². The summed E-state index contributed by atoms with van der Waals surface area (Å²) in [5, 5.41) is 1.17. The maximum atomic E-state index is 11.0. The van der Waals surface area contributed by atoms with Gasteiger partial charge in [-0.1, -0.05) is 18.2 Å². The van der Waals surface area contributed by atoms with Gasteiger partial charge in [0.2, 0.25) is 0 Å². The van der Waals surface area contributed by atoms with Crippen LogP contribution in [0.1, 0.15) is 11.3 Å². The average Bonchev–Trinajstić information content (AvgIpc) is 2.64. The predicted octanol–water partition coefficient (Wildman–Crippen LogP) is 2.66. The van der Waals surface area contributed by atoms with Crippen molar-refractivity contribution in [3.8, 4) is 0 Å². The molecule has 1 heterocycles. The van der Waals surface area contributed by atoms with E-state index >= 15 is 0 Å². The molecule has 1 N–H and O–H groups in total. The third-order valence-corrected chi connectivity index (χ3v) is 2.59. The summed E-state index contributed by atoms with van der Waals surface area (Å²) in [6.07, 6.45) is 3.15. The first-order valence-electron chi connectivity index (χ1n) is 5.05. The van der Waals surface area contributed by atoms with Gasteiger partial charge >= 0.3 is 5.97 Å². The van der Waals surface area contributed by atoms with Gasteiger partial charge in [-0.3, -0.25) is 0 Å². The van der Waals surface area contributed by atoms with Gasteiger partial charge in [0.25, 0.3) is 0 Å². The van der Waals surface area contributed by atoms with Crippen LogP contribution < -0.4 is 0 Å². The molecule has 0 radical (unpaired) electrons. The summed E-state index contributed by atoms with van der Waals surface area (Å²) < 4.78 is 4.55. The van der Waals surface area contributed by atoms with E-state index in [1.165, 1.54) is 18.6 Å². The maximum Gasteiger partial charge on any atom is 0.330 e. The normalized spacial score (nSPS) is 11.1. The summed E-state index contributed by atoms with van der Waals surface area (Å²) in [5.41, 5.74) is 3.15. The second-order valence-corrected chi connectivity index (χ2v) is 3.57. The van der Waals surface area contributed by atoms with Crippen LogP contribution in [0.15, 0.2) is 30.3 Å². The van der Waals surface area contributed by atoms with Crippen molar-refractivity contribution >= 4 is 22.9 Å². The summed E-state index contributed by atoms with van der Waals surface area (Å²) in [5.74, 6) is -0.349. The van der Waals surface area contributed by atoms with Crippen LogP contribution in [-0.2, 0) is 9.53 Å². The van der Waals surface area contributed by atoms with Crippen LogP contribution in [0, 0.1) is 6.92 Å². The molecule has 16 heavy (non-hydrogen) atoms. The number of fused-ring (bicyclic) bond motifs is 1. The minimum atomic E-state index is -0.349. The first-order valence-corrected chi connectivity index (χ1v) is 5.05. The van der Waals surface area contributed by atoms with Crippen LogP contribution in [0.5, 0.6) is 0 Å². The van der Waals surface area contributed by atoms with E-state index in [9.17, 15) is 4.79 Å². The molecule has 0 saturated heterocycles. The van der Waals surface area contributed by atoms with Gasteiger partial charge in [-0.25, -0.2) is 4.79 Å². The number of aromatic nitrogens is 1. The zero-order valence-corrected chi connectivity index (χ0v) is 9.28. The van der Waals surface area contributed by atoms with Crippen LogP contribution in [-0.4, -0.2) is 18.1 Å². The molecular formula is C13H13NO2. The van der Waals surface area contributed by atoms with E-state index < -0.39 is 0 Å². The van der Waals surface area contributed by atoms with Crippen molar-refractivity contribution in [2.45, 2.75) is 6.92 Å². The fourth-order valence-corrected chi connectivity index (χ4v) is 1.69. The van der Waals surface area contributed by atoms with Crippen molar-refractivity contribution in [3.05, 3.63) is 41.6 Å². The number of aryl methyl sites for hydroxylation is 1. The summed E-state index contributed by atoms with van der Waals surface area (Å²) >= 11 is 0. The van der Waals surface area contributed by atoms with Crippen molar-refractivity contribution in [3.63, 3.8) is 0 Å². The number of hydrogen-bond donors (Lipinski definition) is 1. The van der Waals surface area contributed by atoms with Crippen molar-refractivity contribution in [1.82, 2.24) is 4.98 Å². The molecule has 0 spiro atoms. The van der Waals surface area contributed by atoms with E-state index in [4.69, 9.17) is 0 Å². The Bertz CT molecular complexity index is 552. The van der Waals surface area contributed by atoms with Gasteiger partial charge in [-0.2, -0.15) is 0 Å². The topological polar surface area (TPSA) is 42.1 Å². The largest absolute Gasteiger partial charge is 0.466 e. The Kier molecular flexibility index (Phi) is 2.77. The van der Waals surface area contributed by atoms with Crippen molar-refractivity contribution in [2.24, 2.45) is 0 Å². The van der Waals surface area contributed by atoms with Crippen LogP contribution in [0.2, 0.25) is 0 Å². The molecule has 0 aliphatic carbocycles. The smallest absolute Gasteiger partial charge is 0.330 e. The number of carbonyl (C=O) groups excluding carboxylic acids is 1. The van der Waals surface area contributed by atoms with E-state index in [1.54, 1.807) is 6.08 Å². The van der Waals surface area contributed by atoms with Crippen LogP contribution in [0.4, 0.5) is 0 Å². The molecule has 0 aliphatic heterocycles. The molecule has 0 unspecified atom stereocenters. The van der Waals surface area contributed by atoms with Gasteiger partial charge in [0.1, 0.15) is 0 Å². The third kappa shape index (κ3) is 1.84. The quantitative estimate of drug-likeness (QED) is 0.618. The van der Waals surface area contributed by atoms with Gasteiger partial charge in [0.05, 0.1) is 7.11 Å². The van der Waals surface area contributed by atoms with E-state index in [1.807, 2.05) is 25.1 Å². The molecular weight excluding hydrogens is 202 g/mol. The van der Waals surface area contributed by atoms with Gasteiger partial charge < -0.3 is 9.72 Å². The molecule has 0 aliphatic rings. The molecule has 2 aromatic rings. The zero-order chi connectivity index (χ0) is 11.5. The lowest BCUT2D eigenvalue weighted by atomic mass is 10.1. The SMILES string of the molecule is COC(=O)/C=C/c1[nH]c2ccccc2c1C. The predicted molar refractivity (Wildman–Crippen MR) is 64.1 cm³/mol. The number of aromatic amines is 1. The number of esters is 1. The minimum Gasteiger partial charge on any atom is -0.466 e. The van der Waals surface area contributed by atoms with Gasteiger partial charge in [0, 0.05) is 22.7 Å². The Morgan fingerprint density at radius 2 is 2.12 bits per heavy atom. The Morgan fingerprint density at radius 1 is 1.38 bits per heavy atom. The zero-order valence-electron chi connectivity index (χ0n) is 9.28. The monoisotopic (exact) mass is 215 g/mol. The number of carbonyl (C=O) groups is 1. The molecule has 82 valence electrons. The number of nitrogens with one attached hydrogen (secondary N) is 1. The molecule has 0 saturated carbocycles. The summed E-state index contributed by atoms with van der Waals surface area (Å²) in [6, 6.07) is 8.04. The number of rotatable bonds is 2. The fourth-order valence-electron chi connectivity index (χ4n) is 1.69. The number of methoxy groups -OCH3 is 1. The summed E-state index contributed by atoms with van der Waals surface area (Å²) in [7, 11) is 1.37. The number of ether oxygens (including phenoxy) is 1. The van der Waals surface area contributed by atoms with Crippen LogP contribution in [0.3, 0.4) is 0 Å². The van der Waals surface area contributed by atoms with E-state index in [0.29, 0.717) is 0 Å². The Balaban J connectivity index is 2.42. The highest BCUT2D eigenvalue weighted by Crippen LogP contribution is 2.21. The van der Waals surface area contributed by atoms with E-state index in [0.717, 1.165) is 16.8 Å². The Labute approximate surface area is 93.7 Å². The van der Waals surface area contributed by atoms with Crippen molar-refractivity contribution in [1.29, 1.82) is 0 Å². The molecule has 0 atom stereocenters.